The third-order valence-electron chi connectivity index (χ3n) is 4.27. The minimum atomic E-state index is -0.139. The Kier molecular flexibility index (Phi) is 6.34. The molecule has 0 saturated carbocycles. The van der Waals surface area contributed by atoms with E-state index in [4.69, 9.17) is 4.52 Å². The van der Waals surface area contributed by atoms with Gasteiger partial charge in [-0.3, -0.25) is 4.79 Å². The monoisotopic (exact) mass is 445 g/mol. The standard InChI is InChI=1S/C20H20BrN3O2S/c1-12(15-6-8-16(21)9-7-15)23-19(25)17-5-4-10-22-20(17)27-11-18-13(2)24-26-14(18)3/h4-10,12H,11H2,1-3H3,(H,23,25). The largest absolute Gasteiger partial charge is 0.361 e. The second-order valence-electron chi connectivity index (χ2n) is 6.19. The van der Waals surface area contributed by atoms with E-state index in [1.165, 1.54) is 11.8 Å². The topological polar surface area (TPSA) is 68.0 Å². The van der Waals surface area contributed by atoms with Crippen LogP contribution in [0.25, 0.3) is 0 Å². The van der Waals surface area contributed by atoms with Crippen LogP contribution in [0, 0.1) is 13.8 Å². The second-order valence-corrected chi connectivity index (χ2v) is 8.07. The number of aromatic nitrogens is 2. The minimum Gasteiger partial charge on any atom is -0.361 e. The molecule has 7 heteroatoms. The number of benzene rings is 1. The van der Waals surface area contributed by atoms with E-state index in [0.717, 1.165) is 27.1 Å². The molecule has 5 nitrogen and oxygen atoms in total. The number of aryl methyl sites for hydroxylation is 2. The van der Waals surface area contributed by atoms with E-state index in [9.17, 15) is 4.79 Å². The first kappa shape index (κ1) is 19.6. The molecule has 3 aromatic rings. The van der Waals surface area contributed by atoms with Gasteiger partial charge in [0.05, 0.1) is 17.3 Å². The molecule has 0 fully saturated rings. The normalized spacial score (nSPS) is 12.0. The van der Waals surface area contributed by atoms with Gasteiger partial charge < -0.3 is 9.84 Å². The molecule has 1 atom stereocenters. The van der Waals surface area contributed by atoms with Gasteiger partial charge in [-0.1, -0.05) is 33.2 Å². The van der Waals surface area contributed by atoms with Gasteiger partial charge in [-0.05, 0) is 50.6 Å². The van der Waals surface area contributed by atoms with Crippen LogP contribution in [-0.4, -0.2) is 16.0 Å². The van der Waals surface area contributed by atoms with E-state index in [-0.39, 0.29) is 11.9 Å². The molecule has 0 aliphatic rings. The van der Waals surface area contributed by atoms with E-state index in [1.54, 1.807) is 18.3 Å². The summed E-state index contributed by atoms with van der Waals surface area (Å²) in [7, 11) is 0. The average molecular weight is 446 g/mol. The van der Waals surface area contributed by atoms with Crippen LogP contribution in [0.5, 0.6) is 0 Å². The van der Waals surface area contributed by atoms with Crippen LogP contribution in [0.15, 0.2) is 56.6 Å². The lowest BCUT2D eigenvalue weighted by molar-refractivity contribution is 0.0936. The third kappa shape index (κ3) is 4.78. The molecule has 1 amide bonds. The number of carbonyl (C=O) groups is 1. The van der Waals surface area contributed by atoms with Crippen molar-refractivity contribution in [2.75, 3.05) is 0 Å². The molecule has 3 rings (SSSR count). The first-order valence-corrected chi connectivity index (χ1v) is 10.3. The van der Waals surface area contributed by atoms with Crippen molar-refractivity contribution in [2.45, 2.75) is 37.6 Å². The number of hydrogen-bond acceptors (Lipinski definition) is 5. The molecule has 2 heterocycles. The maximum absolute atomic E-state index is 12.8. The average Bonchev–Trinajstić information content (AvgIpc) is 2.98. The zero-order chi connectivity index (χ0) is 19.4. The number of thioether (sulfide) groups is 1. The lowest BCUT2D eigenvalue weighted by Crippen LogP contribution is -2.27. The Bertz CT molecular complexity index is 921. The summed E-state index contributed by atoms with van der Waals surface area (Å²) in [5, 5.41) is 7.72. The van der Waals surface area contributed by atoms with Gasteiger partial charge in [0.2, 0.25) is 0 Å². The Hall–Kier alpha value is -2.12. The number of halogens is 1. The molecule has 1 unspecified atom stereocenters. The van der Waals surface area contributed by atoms with Crippen LogP contribution in [0.1, 0.15) is 45.9 Å². The van der Waals surface area contributed by atoms with Crippen molar-refractivity contribution in [2.24, 2.45) is 0 Å². The SMILES string of the molecule is Cc1noc(C)c1CSc1ncccc1C(=O)NC(C)c1ccc(Br)cc1. The molecule has 0 saturated heterocycles. The van der Waals surface area contributed by atoms with Gasteiger partial charge >= 0.3 is 0 Å². The molecule has 0 aliphatic carbocycles. The summed E-state index contributed by atoms with van der Waals surface area (Å²) >= 11 is 4.93. The number of carbonyl (C=O) groups excluding carboxylic acids is 1. The van der Waals surface area contributed by atoms with Crippen molar-refractivity contribution in [1.82, 2.24) is 15.5 Å². The number of nitrogens with zero attached hydrogens (tertiary/aromatic N) is 2. The van der Waals surface area contributed by atoms with Crippen LogP contribution in [0.2, 0.25) is 0 Å². The van der Waals surface area contributed by atoms with Crippen LogP contribution >= 0.6 is 27.7 Å². The van der Waals surface area contributed by atoms with Gasteiger partial charge in [-0.2, -0.15) is 0 Å². The molecular weight excluding hydrogens is 426 g/mol. The smallest absolute Gasteiger partial charge is 0.254 e. The molecule has 0 bridgehead atoms. The summed E-state index contributed by atoms with van der Waals surface area (Å²) < 4.78 is 6.21. The van der Waals surface area contributed by atoms with Crippen molar-refractivity contribution >= 4 is 33.6 Å². The molecule has 0 spiro atoms. The number of amides is 1. The third-order valence-corrected chi connectivity index (χ3v) is 5.83. The first-order valence-electron chi connectivity index (χ1n) is 8.51. The highest BCUT2D eigenvalue weighted by atomic mass is 79.9. The van der Waals surface area contributed by atoms with E-state index < -0.39 is 0 Å². The molecule has 2 aromatic heterocycles. The van der Waals surface area contributed by atoms with E-state index >= 15 is 0 Å². The van der Waals surface area contributed by atoms with E-state index in [2.05, 4.69) is 31.4 Å². The van der Waals surface area contributed by atoms with Crippen molar-refractivity contribution < 1.29 is 9.32 Å². The van der Waals surface area contributed by atoms with Gasteiger partial charge in [0.25, 0.3) is 5.91 Å². The highest BCUT2D eigenvalue weighted by molar-refractivity contribution is 9.10. The Morgan fingerprint density at radius 3 is 2.67 bits per heavy atom. The van der Waals surface area contributed by atoms with Gasteiger partial charge in [0.1, 0.15) is 10.8 Å². The van der Waals surface area contributed by atoms with Gasteiger partial charge in [-0.15, -0.1) is 11.8 Å². The van der Waals surface area contributed by atoms with E-state index in [0.29, 0.717) is 16.3 Å². The van der Waals surface area contributed by atoms with Crippen molar-refractivity contribution in [3.63, 3.8) is 0 Å². The Labute approximate surface area is 171 Å². The fraction of sp³-hybridized carbons (Fsp3) is 0.250. The van der Waals surface area contributed by atoms with Crippen molar-refractivity contribution in [3.05, 3.63) is 75.2 Å². The zero-order valence-corrected chi connectivity index (χ0v) is 17.7. The Morgan fingerprint density at radius 1 is 1.26 bits per heavy atom. The van der Waals surface area contributed by atoms with Crippen LogP contribution < -0.4 is 5.32 Å². The van der Waals surface area contributed by atoms with Crippen LogP contribution in [-0.2, 0) is 5.75 Å². The van der Waals surface area contributed by atoms with Crippen LogP contribution in [0.4, 0.5) is 0 Å². The van der Waals surface area contributed by atoms with Crippen molar-refractivity contribution in [1.29, 1.82) is 0 Å². The number of nitrogens with one attached hydrogen (secondary N) is 1. The maximum atomic E-state index is 12.8. The molecule has 140 valence electrons. The molecule has 1 N–H and O–H groups in total. The lowest BCUT2D eigenvalue weighted by Gasteiger charge is -2.15. The highest BCUT2D eigenvalue weighted by Gasteiger charge is 2.17. The van der Waals surface area contributed by atoms with Crippen LogP contribution in [0.3, 0.4) is 0 Å². The number of hydrogen-bond donors (Lipinski definition) is 1. The predicted octanol–water partition coefficient (Wildman–Crippen LogP) is 5.23. The summed E-state index contributed by atoms with van der Waals surface area (Å²) in [6, 6.07) is 11.4. The zero-order valence-electron chi connectivity index (χ0n) is 15.3. The summed E-state index contributed by atoms with van der Waals surface area (Å²) in [4.78, 5) is 17.2. The van der Waals surface area contributed by atoms with Gasteiger partial charge in [0, 0.05) is 22.0 Å². The fourth-order valence-corrected chi connectivity index (χ4v) is 4.05. The minimum absolute atomic E-state index is 0.105. The Balaban J connectivity index is 1.72. The number of pyridine rings is 1. The molecule has 1 aromatic carbocycles. The van der Waals surface area contributed by atoms with Gasteiger partial charge in [0.15, 0.2) is 0 Å². The summed E-state index contributed by atoms with van der Waals surface area (Å²) in [5.41, 5.74) is 3.52. The van der Waals surface area contributed by atoms with Crippen molar-refractivity contribution in [3.8, 4) is 0 Å². The first-order chi connectivity index (χ1) is 13.0. The van der Waals surface area contributed by atoms with Gasteiger partial charge in [-0.25, -0.2) is 4.98 Å². The molecule has 27 heavy (non-hydrogen) atoms. The second kappa shape index (κ2) is 8.71. The molecule has 0 aliphatic heterocycles. The summed E-state index contributed by atoms with van der Waals surface area (Å²) in [5.74, 6) is 1.31. The summed E-state index contributed by atoms with van der Waals surface area (Å²) in [6.45, 7) is 5.77. The maximum Gasteiger partial charge on any atom is 0.254 e. The highest BCUT2D eigenvalue weighted by Crippen LogP contribution is 2.27. The fourth-order valence-electron chi connectivity index (χ4n) is 2.64. The summed E-state index contributed by atoms with van der Waals surface area (Å²) in [6.07, 6.45) is 1.70. The van der Waals surface area contributed by atoms with E-state index in [1.807, 2.05) is 45.0 Å². The predicted molar refractivity (Wildman–Crippen MR) is 110 cm³/mol. The Morgan fingerprint density at radius 2 is 2.00 bits per heavy atom. The number of rotatable bonds is 6. The lowest BCUT2D eigenvalue weighted by atomic mass is 10.1. The quantitative estimate of drug-likeness (QED) is 0.525. The molecule has 0 radical (unpaired) electrons. The molecular formula is C20H20BrN3O2S.